The molecule has 2 fully saturated rings. The van der Waals surface area contributed by atoms with Crippen LogP contribution in [0.3, 0.4) is 0 Å². The summed E-state index contributed by atoms with van der Waals surface area (Å²) in [6.45, 7) is -1.58. The van der Waals surface area contributed by atoms with Gasteiger partial charge in [-0.3, -0.25) is 9.69 Å². The van der Waals surface area contributed by atoms with E-state index in [1.807, 2.05) is 0 Å². The number of carbonyl (C=O) groups is 3. The summed E-state index contributed by atoms with van der Waals surface area (Å²) in [7, 11) is 0. The molecular formula is C26H26F5N6O3. The predicted molar refractivity (Wildman–Crippen MR) is 132 cm³/mol. The number of urea groups is 2. The van der Waals surface area contributed by atoms with Gasteiger partial charge in [-0.25, -0.2) is 23.4 Å². The van der Waals surface area contributed by atoms with Gasteiger partial charge in [-0.1, -0.05) is 12.1 Å². The minimum Gasteiger partial charge on any atom is -0.331 e. The van der Waals surface area contributed by atoms with Gasteiger partial charge in [0, 0.05) is 37.8 Å². The van der Waals surface area contributed by atoms with Crippen molar-refractivity contribution in [2.75, 3.05) is 31.1 Å². The van der Waals surface area contributed by atoms with Gasteiger partial charge in [0.05, 0.1) is 5.69 Å². The third-order valence-corrected chi connectivity index (χ3v) is 7.49. The first-order valence-corrected chi connectivity index (χ1v) is 12.9. The summed E-state index contributed by atoms with van der Waals surface area (Å²) >= 11 is 0. The summed E-state index contributed by atoms with van der Waals surface area (Å²) in [5, 5.41) is 6.50. The van der Waals surface area contributed by atoms with Gasteiger partial charge in [-0.05, 0) is 49.4 Å². The molecule has 9 nitrogen and oxygen atoms in total. The molecule has 0 bridgehead atoms. The number of piperidine rings is 1. The van der Waals surface area contributed by atoms with Gasteiger partial charge in [0.2, 0.25) is 5.91 Å². The van der Waals surface area contributed by atoms with Crippen molar-refractivity contribution in [2.45, 2.75) is 49.9 Å². The first-order chi connectivity index (χ1) is 19.0. The van der Waals surface area contributed by atoms with Crippen LogP contribution in [0.2, 0.25) is 0 Å². The van der Waals surface area contributed by atoms with E-state index in [9.17, 15) is 36.3 Å². The number of alkyl halides is 3. The fourth-order valence-electron chi connectivity index (χ4n) is 5.57. The Balaban J connectivity index is 1.25. The molecular weight excluding hydrogens is 539 g/mol. The van der Waals surface area contributed by atoms with Crippen LogP contribution in [0.1, 0.15) is 37.2 Å². The number of benzene rings is 1. The van der Waals surface area contributed by atoms with Gasteiger partial charge in [0.1, 0.15) is 12.6 Å². The summed E-state index contributed by atoms with van der Waals surface area (Å²) < 4.78 is 68.3. The smallest absolute Gasteiger partial charge is 0.331 e. The van der Waals surface area contributed by atoms with Gasteiger partial charge >= 0.3 is 18.2 Å². The highest BCUT2D eigenvalue weighted by atomic mass is 19.4. The van der Waals surface area contributed by atoms with Crippen molar-refractivity contribution in [3.8, 4) is 0 Å². The molecule has 2 saturated heterocycles. The van der Waals surface area contributed by atoms with Gasteiger partial charge in [0.15, 0.2) is 17.5 Å². The Morgan fingerprint density at radius 3 is 2.50 bits per heavy atom. The number of amides is 5. The molecule has 5 amide bonds. The zero-order valence-corrected chi connectivity index (χ0v) is 21.2. The number of carbonyl (C=O) groups excluding carboxylic acids is 3. The highest BCUT2D eigenvalue weighted by Crippen LogP contribution is 2.35. The second kappa shape index (κ2) is 10.9. The molecule has 1 radical (unpaired) electrons. The molecule has 0 unspecified atom stereocenters. The highest BCUT2D eigenvalue weighted by Gasteiger charge is 2.41. The summed E-state index contributed by atoms with van der Waals surface area (Å²) in [4.78, 5) is 46.2. The first-order valence-electron chi connectivity index (χ1n) is 12.9. The Morgan fingerprint density at radius 2 is 1.77 bits per heavy atom. The molecule has 5 rings (SSSR count). The third-order valence-electron chi connectivity index (χ3n) is 7.49. The molecule has 0 saturated carbocycles. The molecule has 1 N–H and O–H groups in total. The van der Waals surface area contributed by atoms with E-state index in [4.69, 9.17) is 0 Å². The van der Waals surface area contributed by atoms with Crippen molar-refractivity contribution >= 4 is 29.5 Å². The summed E-state index contributed by atoms with van der Waals surface area (Å²) in [5.74, 6) is -3.79. The van der Waals surface area contributed by atoms with Crippen molar-refractivity contribution in [2.24, 2.45) is 0 Å². The van der Waals surface area contributed by atoms with E-state index < -0.39 is 60.8 Å². The molecule has 1 aromatic heterocycles. The number of likely N-dealkylation sites (tertiary alicyclic amines) is 2. The number of rotatable bonds is 4. The minimum atomic E-state index is -4.73. The molecule has 213 valence electrons. The first kappa shape index (κ1) is 27.6. The average molecular weight is 566 g/mol. The van der Waals surface area contributed by atoms with Crippen molar-refractivity contribution in [3.63, 3.8) is 0 Å². The minimum absolute atomic E-state index is 0.0520. The Morgan fingerprint density at radius 1 is 1.02 bits per heavy atom. The van der Waals surface area contributed by atoms with Gasteiger partial charge in [-0.15, -0.1) is 0 Å². The Labute approximate surface area is 226 Å². The monoisotopic (exact) mass is 565 g/mol. The van der Waals surface area contributed by atoms with Gasteiger partial charge in [-0.2, -0.15) is 18.5 Å². The topological polar surface area (TPSA) is 100.0 Å². The lowest BCUT2D eigenvalue weighted by Gasteiger charge is -2.36. The number of aromatic nitrogens is 1. The zero-order chi connectivity index (χ0) is 28.6. The van der Waals surface area contributed by atoms with E-state index in [0.29, 0.717) is 29.2 Å². The number of hydrogen-bond acceptors (Lipinski definition) is 4. The largest absolute Gasteiger partial charge is 0.406 e. The molecule has 3 aliphatic heterocycles. The van der Waals surface area contributed by atoms with Crippen LogP contribution in [0, 0.1) is 11.6 Å². The van der Waals surface area contributed by atoms with Gasteiger partial charge < -0.3 is 15.1 Å². The van der Waals surface area contributed by atoms with Crippen LogP contribution in [0.5, 0.6) is 0 Å². The summed E-state index contributed by atoms with van der Waals surface area (Å²) in [6.07, 6.45) is -2.35. The lowest BCUT2D eigenvalue weighted by atomic mass is 9.93. The molecule has 14 heteroatoms. The second-order valence-electron chi connectivity index (χ2n) is 10.1. The predicted octanol–water partition coefficient (Wildman–Crippen LogP) is 4.05. The lowest BCUT2D eigenvalue weighted by molar-refractivity contribution is -0.162. The van der Waals surface area contributed by atoms with Crippen molar-refractivity contribution in [1.82, 2.24) is 25.4 Å². The van der Waals surface area contributed by atoms with E-state index in [2.05, 4.69) is 15.6 Å². The van der Waals surface area contributed by atoms with E-state index in [1.165, 1.54) is 23.2 Å². The summed E-state index contributed by atoms with van der Waals surface area (Å²) in [5.41, 5.74) is 0.475. The number of halogens is 5. The number of fused-ring (bicyclic) bond motifs is 1. The molecule has 0 spiro atoms. The number of nitrogens with one attached hydrogen (secondary N) is 1. The van der Waals surface area contributed by atoms with E-state index in [-0.39, 0.29) is 37.5 Å². The lowest BCUT2D eigenvalue weighted by Crippen LogP contribution is -2.55. The van der Waals surface area contributed by atoms with Crippen LogP contribution >= 0.6 is 0 Å². The molecule has 4 heterocycles. The van der Waals surface area contributed by atoms with Crippen LogP contribution in [-0.2, 0) is 4.79 Å². The molecule has 3 aliphatic rings. The molecule has 1 aromatic carbocycles. The number of anilines is 1. The van der Waals surface area contributed by atoms with Crippen LogP contribution in [0.4, 0.5) is 43.0 Å². The van der Waals surface area contributed by atoms with Crippen LogP contribution in [0.25, 0.3) is 0 Å². The second-order valence-corrected chi connectivity index (χ2v) is 10.1. The van der Waals surface area contributed by atoms with Crippen molar-refractivity contribution in [1.29, 1.82) is 0 Å². The quantitative estimate of drug-likeness (QED) is 0.566. The fourth-order valence-corrected chi connectivity index (χ4v) is 5.57. The molecule has 40 heavy (non-hydrogen) atoms. The molecule has 2 aromatic rings. The van der Waals surface area contributed by atoms with E-state index in [1.54, 1.807) is 17.0 Å². The van der Waals surface area contributed by atoms with Crippen LogP contribution in [-0.4, -0.2) is 77.2 Å². The van der Waals surface area contributed by atoms with Crippen LogP contribution < -0.4 is 15.5 Å². The fraction of sp³-hybridized carbons (Fsp3) is 0.462. The number of nitrogens with zero attached hydrogens (tertiary/aromatic N) is 5. The van der Waals surface area contributed by atoms with E-state index in [0.717, 1.165) is 6.07 Å². The maximum absolute atomic E-state index is 14.5. The van der Waals surface area contributed by atoms with E-state index >= 15 is 0 Å². The Bertz CT molecular complexity index is 1300. The molecule has 0 aliphatic carbocycles. The zero-order valence-electron chi connectivity index (χ0n) is 21.2. The Hall–Kier alpha value is -3.97. The summed E-state index contributed by atoms with van der Waals surface area (Å²) in [6, 6.07) is 4.33. The molecule has 2 atom stereocenters. The van der Waals surface area contributed by atoms with Crippen LogP contribution in [0.15, 0.2) is 36.5 Å². The Kier molecular flexibility index (Phi) is 7.51. The normalized spacial score (nSPS) is 22.2. The maximum Gasteiger partial charge on any atom is 0.406 e. The SMILES string of the molecule is O=C(N[C@@H]1CC[C@@H](c2cccc(F)c2F)CN(CC(F)(F)F)C1=O)N1CCC(N2C(=O)[N]c3ncccc32)CC1. The standard InChI is InChI=1S/C26H26F5N6O3/c27-18-4-1-3-17(21(18)28)15-6-7-19(23(38)36(13-15)14-26(29,30)31)33-24(39)35-11-8-16(9-12-35)37-20-5-2-10-32-22(20)34-25(37)40/h1-5,10,15-16,19H,6-9,11-14H2,(H,33,39)/t15-,19-/m1/s1. The maximum atomic E-state index is 14.5. The number of pyridine rings is 1. The van der Waals surface area contributed by atoms with Crippen molar-refractivity contribution in [3.05, 3.63) is 53.7 Å². The van der Waals surface area contributed by atoms with Gasteiger partial charge in [0.25, 0.3) is 0 Å². The average Bonchev–Trinajstić information content (AvgIpc) is 3.18. The number of hydrogen-bond donors (Lipinski definition) is 1. The highest BCUT2D eigenvalue weighted by molar-refractivity contribution is 6.03. The van der Waals surface area contributed by atoms with Crippen molar-refractivity contribution < 1.29 is 36.3 Å². The third kappa shape index (κ3) is 5.65.